The van der Waals surface area contributed by atoms with Crippen molar-refractivity contribution in [2.45, 2.75) is 77.8 Å². The number of guanidine groups is 1. The minimum atomic E-state index is 0.577. The predicted octanol–water partition coefficient (Wildman–Crippen LogP) is 2.68. The largest absolute Gasteiger partial charge is 0.357 e. The SMILES string of the molecule is CCCN(CC)CCN=C(NCC)NC1CCN(C2CCCC2)CC1. The summed E-state index contributed by atoms with van der Waals surface area (Å²) in [4.78, 5) is 10.0. The number of hydrogen-bond acceptors (Lipinski definition) is 3. The summed E-state index contributed by atoms with van der Waals surface area (Å²) in [5.41, 5.74) is 0. The van der Waals surface area contributed by atoms with Gasteiger partial charge in [0.05, 0.1) is 6.54 Å². The summed E-state index contributed by atoms with van der Waals surface area (Å²) in [6.07, 6.45) is 9.44. The zero-order valence-corrected chi connectivity index (χ0v) is 16.9. The van der Waals surface area contributed by atoms with E-state index >= 15 is 0 Å². The lowest BCUT2D eigenvalue weighted by Gasteiger charge is -2.36. The number of nitrogens with zero attached hydrogens (tertiary/aromatic N) is 3. The van der Waals surface area contributed by atoms with Crippen molar-refractivity contribution in [3.63, 3.8) is 0 Å². The summed E-state index contributed by atoms with van der Waals surface area (Å²) in [5.74, 6) is 1.01. The van der Waals surface area contributed by atoms with Gasteiger partial charge in [-0.3, -0.25) is 4.99 Å². The molecule has 1 saturated carbocycles. The molecule has 0 amide bonds. The van der Waals surface area contributed by atoms with Gasteiger partial charge >= 0.3 is 0 Å². The van der Waals surface area contributed by atoms with Crippen LogP contribution in [0.1, 0.15) is 65.7 Å². The van der Waals surface area contributed by atoms with Gasteiger partial charge in [-0.2, -0.15) is 0 Å². The molecule has 1 saturated heterocycles. The van der Waals surface area contributed by atoms with Crippen LogP contribution in [-0.4, -0.2) is 73.7 Å². The van der Waals surface area contributed by atoms with E-state index in [1.807, 2.05) is 0 Å². The molecule has 0 bridgehead atoms. The Morgan fingerprint density at radius 3 is 2.36 bits per heavy atom. The fourth-order valence-electron chi connectivity index (χ4n) is 4.24. The molecule has 2 fully saturated rings. The van der Waals surface area contributed by atoms with E-state index < -0.39 is 0 Å². The lowest BCUT2D eigenvalue weighted by molar-refractivity contribution is 0.150. The third-order valence-electron chi connectivity index (χ3n) is 5.73. The lowest BCUT2D eigenvalue weighted by atomic mass is 10.0. The van der Waals surface area contributed by atoms with Gasteiger partial charge in [0.2, 0.25) is 0 Å². The van der Waals surface area contributed by atoms with Gasteiger partial charge in [0.25, 0.3) is 0 Å². The highest BCUT2D eigenvalue weighted by Gasteiger charge is 2.27. The molecular formula is C20H41N5. The number of rotatable bonds is 9. The zero-order chi connectivity index (χ0) is 17.9. The standard InChI is InChI=1S/C20H41N5/c1-4-14-24(6-3)17-13-22-20(21-5-2)23-18-11-15-25(16-12-18)19-9-7-8-10-19/h18-19H,4-17H2,1-3H3,(H2,21,22,23). The number of nitrogens with one attached hydrogen (secondary N) is 2. The van der Waals surface area contributed by atoms with Crippen molar-refractivity contribution in [2.75, 3.05) is 45.8 Å². The summed E-state index contributed by atoms with van der Waals surface area (Å²) in [5, 5.41) is 7.11. The maximum atomic E-state index is 4.81. The molecule has 25 heavy (non-hydrogen) atoms. The first-order chi connectivity index (χ1) is 12.3. The van der Waals surface area contributed by atoms with Gasteiger partial charge in [-0.1, -0.05) is 26.7 Å². The highest BCUT2D eigenvalue weighted by molar-refractivity contribution is 5.80. The quantitative estimate of drug-likeness (QED) is 0.495. The average Bonchev–Trinajstić information content (AvgIpc) is 3.16. The Bertz CT molecular complexity index is 370. The first-order valence-corrected chi connectivity index (χ1v) is 10.8. The molecule has 1 aliphatic carbocycles. The zero-order valence-electron chi connectivity index (χ0n) is 16.9. The number of aliphatic imine (C=N–C) groups is 1. The minimum absolute atomic E-state index is 0.577. The van der Waals surface area contributed by atoms with E-state index in [1.165, 1.54) is 64.6 Å². The van der Waals surface area contributed by atoms with Crippen molar-refractivity contribution < 1.29 is 0 Å². The van der Waals surface area contributed by atoms with E-state index in [2.05, 4.69) is 41.2 Å². The Kier molecular flexibility index (Phi) is 9.63. The third-order valence-corrected chi connectivity index (χ3v) is 5.73. The number of piperidine rings is 1. The molecule has 5 heteroatoms. The summed E-state index contributed by atoms with van der Waals surface area (Å²) >= 11 is 0. The van der Waals surface area contributed by atoms with Gasteiger partial charge in [0, 0.05) is 38.3 Å². The van der Waals surface area contributed by atoms with Crippen molar-refractivity contribution in [1.82, 2.24) is 20.4 Å². The third kappa shape index (κ3) is 7.14. The molecule has 0 spiro atoms. The predicted molar refractivity (Wildman–Crippen MR) is 108 cm³/mol. The lowest BCUT2D eigenvalue weighted by Crippen LogP contribution is -2.50. The Morgan fingerprint density at radius 2 is 1.76 bits per heavy atom. The number of hydrogen-bond donors (Lipinski definition) is 2. The van der Waals surface area contributed by atoms with Crippen molar-refractivity contribution in [3.8, 4) is 0 Å². The van der Waals surface area contributed by atoms with Gasteiger partial charge in [-0.05, 0) is 52.1 Å². The van der Waals surface area contributed by atoms with Crippen LogP contribution in [0.3, 0.4) is 0 Å². The van der Waals surface area contributed by atoms with Gasteiger partial charge in [0.1, 0.15) is 0 Å². The maximum absolute atomic E-state index is 4.81. The van der Waals surface area contributed by atoms with Crippen LogP contribution in [-0.2, 0) is 0 Å². The van der Waals surface area contributed by atoms with Gasteiger partial charge in [-0.15, -0.1) is 0 Å². The molecule has 0 aromatic heterocycles. The molecule has 2 rings (SSSR count). The second kappa shape index (κ2) is 11.7. The van der Waals surface area contributed by atoms with E-state index in [9.17, 15) is 0 Å². The highest BCUT2D eigenvalue weighted by atomic mass is 15.2. The molecule has 0 unspecified atom stereocenters. The first-order valence-electron chi connectivity index (χ1n) is 10.8. The summed E-state index contributed by atoms with van der Waals surface area (Å²) in [6, 6.07) is 1.45. The van der Waals surface area contributed by atoms with Gasteiger partial charge < -0.3 is 20.4 Å². The molecule has 0 aromatic carbocycles. The topological polar surface area (TPSA) is 42.9 Å². The van der Waals surface area contributed by atoms with Crippen LogP contribution in [0.4, 0.5) is 0 Å². The molecule has 146 valence electrons. The van der Waals surface area contributed by atoms with E-state index in [0.717, 1.165) is 38.2 Å². The van der Waals surface area contributed by atoms with E-state index in [-0.39, 0.29) is 0 Å². The molecule has 2 aliphatic rings. The van der Waals surface area contributed by atoms with E-state index in [0.29, 0.717) is 6.04 Å². The summed E-state index contributed by atoms with van der Waals surface area (Å²) in [6.45, 7) is 14.3. The molecule has 5 nitrogen and oxygen atoms in total. The Balaban J connectivity index is 1.73. The average molecular weight is 352 g/mol. The summed E-state index contributed by atoms with van der Waals surface area (Å²) < 4.78 is 0. The smallest absolute Gasteiger partial charge is 0.191 e. The molecule has 0 aromatic rings. The molecule has 0 atom stereocenters. The second-order valence-corrected chi connectivity index (χ2v) is 7.59. The Hall–Kier alpha value is -0.810. The highest BCUT2D eigenvalue weighted by Crippen LogP contribution is 2.26. The van der Waals surface area contributed by atoms with Crippen molar-refractivity contribution in [1.29, 1.82) is 0 Å². The Labute approximate surface area is 155 Å². The molecule has 2 N–H and O–H groups in total. The van der Waals surface area contributed by atoms with Crippen molar-refractivity contribution in [2.24, 2.45) is 4.99 Å². The number of likely N-dealkylation sites (tertiary alicyclic amines) is 1. The van der Waals surface area contributed by atoms with E-state index in [1.54, 1.807) is 0 Å². The molecule has 1 heterocycles. The Morgan fingerprint density at radius 1 is 1.04 bits per heavy atom. The number of likely N-dealkylation sites (N-methyl/N-ethyl adjacent to an activating group) is 1. The monoisotopic (exact) mass is 351 g/mol. The fourth-order valence-corrected chi connectivity index (χ4v) is 4.24. The summed E-state index contributed by atoms with van der Waals surface area (Å²) in [7, 11) is 0. The van der Waals surface area contributed by atoms with Crippen LogP contribution in [0.5, 0.6) is 0 Å². The van der Waals surface area contributed by atoms with Crippen LogP contribution >= 0.6 is 0 Å². The fraction of sp³-hybridized carbons (Fsp3) is 0.950. The van der Waals surface area contributed by atoms with Crippen LogP contribution in [0.15, 0.2) is 4.99 Å². The van der Waals surface area contributed by atoms with Crippen molar-refractivity contribution >= 4 is 5.96 Å². The molecule has 1 aliphatic heterocycles. The minimum Gasteiger partial charge on any atom is -0.357 e. The maximum Gasteiger partial charge on any atom is 0.191 e. The van der Waals surface area contributed by atoms with E-state index in [4.69, 9.17) is 4.99 Å². The van der Waals surface area contributed by atoms with Crippen LogP contribution in [0.2, 0.25) is 0 Å². The molecule has 0 radical (unpaired) electrons. The van der Waals surface area contributed by atoms with Crippen LogP contribution < -0.4 is 10.6 Å². The first kappa shape index (κ1) is 20.5. The van der Waals surface area contributed by atoms with Crippen molar-refractivity contribution in [3.05, 3.63) is 0 Å². The van der Waals surface area contributed by atoms with Crippen LogP contribution in [0, 0.1) is 0 Å². The van der Waals surface area contributed by atoms with Crippen LogP contribution in [0.25, 0.3) is 0 Å². The normalized spacial score (nSPS) is 21.2. The molecular weight excluding hydrogens is 310 g/mol. The van der Waals surface area contributed by atoms with Gasteiger partial charge in [-0.25, -0.2) is 0 Å². The van der Waals surface area contributed by atoms with Gasteiger partial charge in [0.15, 0.2) is 5.96 Å². The second-order valence-electron chi connectivity index (χ2n) is 7.59.